The van der Waals surface area contributed by atoms with Crippen LogP contribution < -0.4 is 5.32 Å². The first-order valence-electron chi connectivity index (χ1n) is 9.23. The predicted molar refractivity (Wildman–Crippen MR) is 112 cm³/mol. The van der Waals surface area contributed by atoms with Crippen LogP contribution in [0.1, 0.15) is 43.4 Å². The molecule has 0 saturated heterocycles. The van der Waals surface area contributed by atoms with Crippen LogP contribution in [0.25, 0.3) is 5.13 Å². The van der Waals surface area contributed by atoms with Crippen molar-refractivity contribution in [2.45, 2.75) is 34.1 Å². The van der Waals surface area contributed by atoms with Gasteiger partial charge in [0.2, 0.25) is 5.13 Å². The Morgan fingerprint density at radius 3 is 2.45 bits per heavy atom. The molecule has 8 heteroatoms. The summed E-state index contributed by atoms with van der Waals surface area (Å²) in [6.07, 6.45) is 0.786. The Labute approximate surface area is 173 Å². The van der Waals surface area contributed by atoms with Gasteiger partial charge < -0.3 is 10.1 Å². The summed E-state index contributed by atoms with van der Waals surface area (Å²) in [6.45, 7) is 7.66. The highest BCUT2D eigenvalue weighted by atomic mass is 32.1. The molecule has 3 aromatic rings. The Kier molecular flexibility index (Phi) is 6.12. The largest absolute Gasteiger partial charge is 0.468 e. The number of benzene rings is 1. The fraction of sp³-hybridized carbons (Fsp3) is 0.333. The van der Waals surface area contributed by atoms with E-state index in [1.165, 1.54) is 29.6 Å². The SMILES string of the molecule is COC(=O)CNC(=O)c1sc(-n2nc(C)c(Cc3ccc(C)cc3)c2C)nc1C. The number of ether oxygens (including phenoxy) is 1. The molecular formula is C21H24N4O3S. The number of methoxy groups -OCH3 is 1. The maximum absolute atomic E-state index is 12.4. The summed E-state index contributed by atoms with van der Waals surface area (Å²) in [5, 5.41) is 7.83. The van der Waals surface area contributed by atoms with Gasteiger partial charge in [-0.25, -0.2) is 9.67 Å². The average Bonchev–Trinajstić information content (AvgIpc) is 3.22. The number of rotatable bonds is 6. The van der Waals surface area contributed by atoms with Crippen LogP contribution in [0.5, 0.6) is 0 Å². The van der Waals surface area contributed by atoms with Crippen molar-refractivity contribution in [1.29, 1.82) is 0 Å². The van der Waals surface area contributed by atoms with Crippen molar-refractivity contribution < 1.29 is 14.3 Å². The molecule has 7 nitrogen and oxygen atoms in total. The van der Waals surface area contributed by atoms with Gasteiger partial charge in [0.15, 0.2) is 0 Å². The van der Waals surface area contributed by atoms with Gasteiger partial charge in [0.05, 0.1) is 18.5 Å². The molecule has 0 saturated carbocycles. The first-order chi connectivity index (χ1) is 13.8. The third-order valence-corrected chi connectivity index (χ3v) is 5.87. The van der Waals surface area contributed by atoms with E-state index in [4.69, 9.17) is 0 Å². The molecule has 0 spiro atoms. The van der Waals surface area contributed by atoms with Gasteiger partial charge in [-0.2, -0.15) is 5.10 Å². The minimum Gasteiger partial charge on any atom is -0.468 e. The van der Waals surface area contributed by atoms with Crippen LogP contribution in [0.3, 0.4) is 0 Å². The Morgan fingerprint density at radius 2 is 1.79 bits per heavy atom. The third-order valence-electron chi connectivity index (χ3n) is 4.74. The maximum Gasteiger partial charge on any atom is 0.325 e. The molecular weight excluding hydrogens is 388 g/mol. The van der Waals surface area contributed by atoms with E-state index in [0.717, 1.165) is 23.4 Å². The summed E-state index contributed by atoms with van der Waals surface area (Å²) in [6, 6.07) is 8.47. The fourth-order valence-corrected chi connectivity index (χ4v) is 4.00. The van der Waals surface area contributed by atoms with E-state index in [1.807, 2.05) is 13.8 Å². The first-order valence-corrected chi connectivity index (χ1v) is 10.0. The molecule has 0 aliphatic heterocycles. The number of carbonyl (C=O) groups excluding carboxylic acids is 2. The molecule has 1 aromatic carbocycles. The number of aryl methyl sites for hydroxylation is 3. The summed E-state index contributed by atoms with van der Waals surface area (Å²) < 4.78 is 6.33. The highest BCUT2D eigenvalue weighted by Gasteiger charge is 2.20. The number of aromatic nitrogens is 3. The minimum atomic E-state index is -0.500. The molecule has 2 aromatic heterocycles. The lowest BCUT2D eigenvalue weighted by molar-refractivity contribution is -0.139. The number of amides is 1. The molecule has 0 radical (unpaired) electrons. The van der Waals surface area contributed by atoms with Crippen LogP contribution in [0.4, 0.5) is 0 Å². The highest BCUT2D eigenvalue weighted by molar-refractivity contribution is 7.16. The Morgan fingerprint density at radius 1 is 1.10 bits per heavy atom. The van der Waals surface area contributed by atoms with Crippen molar-refractivity contribution in [2.75, 3.05) is 13.7 Å². The van der Waals surface area contributed by atoms with Crippen LogP contribution >= 0.6 is 11.3 Å². The minimum absolute atomic E-state index is 0.178. The molecule has 29 heavy (non-hydrogen) atoms. The predicted octanol–water partition coefficient (Wildman–Crippen LogP) is 3.06. The lowest BCUT2D eigenvalue weighted by atomic mass is 10.0. The van der Waals surface area contributed by atoms with E-state index >= 15 is 0 Å². The van der Waals surface area contributed by atoms with Crippen molar-refractivity contribution in [2.24, 2.45) is 0 Å². The molecule has 0 fully saturated rings. The number of thiazole rings is 1. The van der Waals surface area contributed by atoms with Crippen molar-refractivity contribution in [3.8, 4) is 5.13 Å². The molecule has 3 rings (SSSR count). The summed E-state index contributed by atoms with van der Waals surface area (Å²) in [7, 11) is 1.28. The van der Waals surface area contributed by atoms with Gasteiger partial charge in [0.25, 0.3) is 5.91 Å². The normalized spacial score (nSPS) is 10.8. The molecule has 152 valence electrons. The topological polar surface area (TPSA) is 86.1 Å². The summed E-state index contributed by atoms with van der Waals surface area (Å²) in [5.74, 6) is -0.849. The van der Waals surface area contributed by atoms with Crippen LogP contribution in [0, 0.1) is 27.7 Å². The highest BCUT2D eigenvalue weighted by Crippen LogP contribution is 2.26. The Balaban J connectivity index is 1.85. The standard InChI is InChI=1S/C21H24N4O3S/c1-12-6-8-16(9-7-12)10-17-13(2)24-25(15(17)4)21-23-14(3)19(29-21)20(27)22-11-18(26)28-5/h6-9H,10-11H2,1-5H3,(H,22,27). The van der Waals surface area contributed by atoms with Crippen LogP contribution in [0.2, 0.25) is 0 Å². The second-order valence-corrected chi connectivity index (χ2v) is 7.87. The van der Waals surface area contributed by atoms with Crippen molar-refractivity contribution >= 4 is 23.2 Å². The van der Waals surface area contributed by atoms with E-state index in [9.17, 15) is 9.59 Å². The van der Waals surface area contributed by atoms with Gasteiger partial charge in [-0.05, 0) is 33.3 Å². The maximum atomic E-state index is 12.4. The number of hydrogen-bond acceptors (Lipinski definition) is 6. The molecule has 0 unspecified atom stereocenters. The molecule has 2 heterocycles. The zero-order chi connectivity index (χ0) is 21.1. The Hall–Kier alpha value is -3.00. The Bertz CT molecular complexity index is 1050. The van der Waals surface area contributed by atoms with Crippen molar-refractivity contribution in [3.63, 3.8) is 0 Å². The van der Waals surface area contributed by atoms with Crippen molar-refractivity contribution in [3.05, 3.63) is 62.9 Å². The van der Waals surface area contributed by atoms with Gasteiger partial charge in [0.1, 0.15) is 11.4 Å². The summed E-state index contributed by atoms with van der Waals surface area (Å²) >= 11 is 1.25. The van der Waals surface area contributed by atoms with Gasteiger partial charge in [-0.15, -0.1) is 0 Å². The van der Waals surface area contributed by atoms with Gasteiger partial charge in [-0.3, -0.25) is 9.59 Å². The average molecular weight is 413 g/mol. The molecule has 0 aliphatic rings. The first kappa shape index (κ1) is 20.7. The van der Waals surface area contributed by atoms with E-state index in [0.29, 0.717) is 15.7 Å². The third kappa shape index (κ3) is 4.54. The molecule has 0 aliphatic carbocycles. The molecule has 1 N–H and O–H groups in total. The van der Waals surface area contributed by atoms with E-state index in [-0.39, 0.29) is 12.5 Å². The van der Waals surface area contributed by atoms with Crippen LogP contribution in [0.15, 0.2) is 24.3 Å². The number of nitrogens with zero attached hydrogens (tertiary/aromatic N) is 3. The van der Waals surface area contributed by atoms with Gasteiger partial charge in [-0.1, -0.05) is 41.2 Å². The van der Waals surface area contributed by atoms with Gasteiger partial charge >= 0.3 is 5.97 Å². The number of nitrogens with one attached hydrogen (secondary N) is 1. The van der Waals surface area contributed by atoms with Crippen LogP contribution in [-0.4, -0.2) is 40.3 Å². The fourth-order valence-electron chi connectivity index (χ4n) is 3.02. The second-order valence-electron chi connectivity index (χ2n) is 6.89. The van der Waals surface area contributed by atoms with Crippen molar-refractivity contribution in [1.82, 2.24) is 20.1 Å². The number of esters is 1. The van der Waals surface area contributed by atoms with E-state index < -0.39 is 5.97 Å². The second kappa shape index (κ2) is 8.57. The number of hydrogen-bond donors (Lipinski definition) is 1. The molecule has 0 atom stereocenters. The monoisotopic (exact) mass is 412 g/mol. The van der Waals surface area contributed by atoms with Crippen LogP contribution in [-0.2, 0) is 16.0 Å². The zero-order valence-electron chi connectivity index (χ0n) is 17.2. The van der Waals surface area contributed by atoms with E-state index in [1.54, 1.807) is 11.6 Å². The summed E-state index contributed by atoms with van der Waals surface area (Å²) in [5.41, 5.74) is 6.14. The van der Waals surface area contributed by atoms with Gasteiger partial charge in [0, 0.05) is 17.7 Å². The van der Waals surface area contributed by atoms with E-state index in [2.05, 4.69) is 51.3 Å². The molecule has 1 amide bonds. The summed E-state index contributed by atoms with van der Waals surface area (Å²) in [4.78, 5) is 28.6. The lowest BCUT2D eigenvalue weighted by Crippen LogP contribution is -2.29. The molecule has 0 bridgehead atoms. The smallest absolute Gasteiger partial charge is 0.325 e. The number of carbonyl (C=O) groups is 2. The quantitative estimate of drug-likeness (QED) is 0.629. The lowest BCUT2D eigenvalue weighted by Gasteiger charge is -2.04. The zero-order valence-corrected chi connectivity index (χ0v) is 18.0.